The van der Waals surface area contributed by atoms with E-state index in [9.17, 15) is 14.4 Å². The minimum Gasteiger partial charge on any atom is -0.465 e. The number of Topliss-reactive ketones (excluding diaryl/α,β-unsaturated/α-hetero) is 2. The number of allylic oxidation sites excluding steroid dienone is 1. The standard InChI is InChI=1S/C22H30O4S/c1-5-6-8-21-15-10-14-7-9-22(15,18(23)13(14)3)19(24)17(27-4)16(21)12(2)11-26-20(21)25/h12,14-17H,3,5-11H2,1-2,4H3/t12?,14-,15?,16?,17+,21?,22-/m0/s1. The summed E-state index contributed by atoms with van der Waals surface area (Å²) in [5.74, 6) is -0.152. The van der Waals surface area contributed by atoms with Crippen LogP contribution in [0.15, 0.2) is 12.2 Å². The van der Waals surface area contributed by atoms with Crippen molar-refractivity contribution >= 4 is 29.3 Å². The summed E-state index contributed by atoms with van der Waals surface area (Å²) in [6.45, 7) is 8.66. The van der Waals surface area contributed by atoms with Gasteiger partial charge < -0.3 is 4.74 Å². The first-order chi connectivity index (χ1) is 12.9. The van der Waals surface area contributed by atoms with Gasteiger partial charge in [-0.05, 0) is 61.2 Å². The number of rotatable bonds is 4. The smallest absolute Gasteiger partial charge is 0.312 e. The van der Waals surface area contributed by atoms with Crippen molar-refractivity contribution in [3.05, 3.63) is 12.2 Å². The Hall–Kier alpha value is -1.10. The van der Waals surface area contributed by atoms with Crippen LogP contribution in [0.1, 0.15) is 52.4 Å². The number of thioether (sulfide) groups is 1. The lowest BCUT2D eigenvalue weighted by atomic mass is 9.38. The van der Waals surface area contributed by atoms with E-state index in [1.165, 1.54) is 11.8 Å². The average molecular weight is 391 g/mol. The Morgan fingerprint density at radius 1 is 1.30 bits per heavy atom. The Bertz CT molecular complexity index is 715. The van der Waals surface area contributed by atoms with E-state index < -0.39 is 10.8 Å². The molecule has 0 aromatic heterocycles. The molecule has 0 aromatic rings. The van der Waals surface area contributed by atoms with Gasteiger partial charge in [0.2, 0.25) is 0 Å². The predicted octanol–water partition coefficient (Wildman–Crippen LogP) is 3.83. The van der Waals surface area contributed by atoms with Gasteiger partial charge in [0.05, 0.1) is 22.7 Å². The fourth-order valence-electron chi connectivity index (χ4n) is 6.91. The molecule has 0 N–H and O–H groups in total. The second kappa shape index (κ2) is 6.47. The number of hydrogen-bond donors (Lipinski definition) is 0. The second-order valence-corrected chi connectivity index (χ2v) is 10.1. The lowest BCUT2D eigenvalue weighted by Gasteiger charge is -2.65. The number of unbranched alkanes of at least 4 members (excludes halogenated alkanes) is 1. The molecule has 5 rings (SSSR count). The highest BCUT2D eigenvalue weighted by Crippen LogP contribution is 2.69. The topological polar surface area (TPSA) is 60.4 Å². The van der Waals surface area contributed by atoms with Gasteiger partial charge in [-0.3, -0.25) is 14.4 Å². The van der Waals surface area contributed by atoms with Gasteiger partial charge >= 0.3 is 5.97 Å². The minimum atomic E-state index is -1.04. The van der Waals surface area contributed by atoms with E-state index in [-0.39, 0.29) is 46.5 Å². The Morgan fingerprint density at radius 2 is 2.04 bits per heavy atom. The summed E-state index contributed by atoms with van der Waals surface area (Å²) in [5, 5.41) is -0.313. The summed E-state index contributed by atoms with van der Waals surface area (Å²) in [4.78, 5) is 40.6. The molecule has 1 heterocycles. The quantitative estimate of drug-likeness (QED) is 0.415. The Morgan fingerprint density at radius 3 is 2.70 bits per heavy atom. The molecule has 5 aliphatic rings. The lowest BCUT2D eigenvalue weighted by Crippen LogP contribution is -2.72. The van der Waals surface area contributed by atoms with Crippen LogP contribution in [0, 0.1) is 34.5 Å². The summed E-state index contributed by atoms with van der Waals surface area (Å²) in [7, 11) is 0. The van der Waals surface area contributed by atoms with Crippen molar-refractivity contribution < 1.29 is 19.1 Å². The van der Waals surface area contributed by atoms with Gasteiger partial charge in [-0.25, -0.2) is 0 Å². The Kier molecular flexibility index (Phi) is 4.60. The van der Waals surface area contributed by atoms with Gasteiger partial charge in [-0.2, -0.15) is 11.8 Å². The summed E-state index contributed by atoms with van der Waals surface area (Å²) >= 11 is 1.53. The Balaban J connectivity index is 1.95. The van der Waals surface area contributed by atoms with Crippen molar-refractivity contribution in [2.75, 3.05) is 12.9 Å². The highest BCUT2D eigenvalue weighted by Gasteiger charge is 2.75. The summed E-state index contributed by atoms with van der Waals surface area (Å²) in [6.07, 6.45) is 6.73. The average Bonchev–Trinajstić information content (AvgIpc) is 2.67. The number of carbonyl (C=O) groups excluding carboxylic acids is 3. The zero-order valence-electron chi connectivity index (χ0n) is 16.6. The van der Waals surface area contributed by atoms with Gasteiger partial charge in [0.15, 0.2) is 11.6 Å². The van der Waals surface area contributed by atoms with Crippen LogP contribution in [0.3, 0.4) is 0 Å². The zero-order chi connectivity index (χ0) is 19.6. The molecule has 7 atom stereocenters. The van der Waals surface area contributed by atoms with Crippen LogP contribution in [-0.4, -0.2) is 35.6 Å². The molecule has 0 radical (unpaired) electrons. The maximum atomic E-state index is 13.8. The third-order valence-corrected chi connectivity index (χ3v) is 9.12. The number of ether oxygens (including phenoxy) is 1. The first kappa shape index (κ1) is 19.2. The molecule has 148 valence electrons. The van der Waals surface area contributed by atoms with Crippen LogP contribution in [0.5, 0.6) is 0 Å². The molecular formula is C22H30O4S. The van der Waals surface area contributed by atoms with E-state index in [1.54, 1.807) is 0 Å². The number of hydrogen-bond acceptors (Lipinski definition) is 5. The molecule has 1 saturated heterocycles. The van der Waals surface area contributed by atoms with E-state index in [1.807, 2.05) is 6.26 Å². The molecule has 2 bridgehead atoms. The number of esters is 1. The van der Waals surface area contributed by atoms with Crippen molar-refractivity contribution in [3.8, 4) is 0 Å². The molecular weight excluding hydrogens is 360 g/mol. The molecule has 4 unspecified atom stereocenters. The molecule has 27 heavy (non-hydrogen) atoms. The largest absolute Gasteiger partial charge is 0.465 e. The maximum absolute atomic E-state index is 13.8. The molecule has 0 aromatic carbocycles. The molecule has 0 amide bonds. The maximum Gasteiger partial charge on any atom is 0.312 e. The zero-order valence-corrected chi connectivity index (χ0v) is 17.4. The van der Waals surface area contributed by atoms with Gasteiger partial charge in [0.1, 0.15) is 0 Å². The van der Waals surface area contributed by atoms with Gasteiger partial charge in [-0.1, -0.05) is 33.3 Å². The number of ketones is 2. The van der Waals surface area contributed by atoms with Crippen LogP contribution in [0.4, 0.5) is 0 Å². The van der Waals surface area contributed by atoms with Gasteiger partial charge in [0, 0.05) is 0 Å². The van der Waals surface area contributed by atoms with Gasteiger partial charge in [0.25, 0.3) is 0 Å². The summed E-state index contributed by atoms with van der Waals surface area (Å²) in [5.41, 5.74) is -1.13. The van der Waals surface area contributed by atoms with E-state index in [0.717, 1.165) is 32.1 Å². The molecule has 4 aliphatic carbocycles. The monoisotopic (exact) mass is 390 g/mol. The molecule has 4 nitrogen and oxygen atoms in total. The van der Waals surface area contributed by atoms with Crippen molar-refractivity contribution in [1.82, 2.24) is 0 Å². The minimum absolute atomic E-state index is 0.0381. The van der Waals surface area contributed by atoms with Crippen LogP contribution in [0.25, 0.3) is 0 Å². The predicted molar refractivity (Wildman–Crippen MR) is 105 cm³/mol. The van der Waals surface area contributed by atoms with E-state index >= 15 is 0 Å². The van der Waals surface area contributed by atoms with E-state index in [4.69, 9.17) is 4.74 Å². The Labute approximate surface area is 165 Å². The fourth-order valence-corrected chi connectivity index (χ4v) is 8.14. The first-order valence-corrected chi connectivity index (χ1v) is 11.6. The van der Waals surface area contributed by atoms with Crippen molar-refractivity contribution in [2.24, 2.45) is 34.5 Å². The molecule has 1 spiro atoms. The third kappa shape index (κ3) is 2.21. The third-order valence-electron chi connectivity index (χ3n) is 8.10. The summed E-state index contributed by atoms with van der Waals surface area (Å²) < 4.78 is 5.71. The summed E-state index contributed by atoms with van der Waals surface area (Å²) in [6, 6.07) is 0. The molecule has 5 fully saturated rings. The van der Waals surface area contributed by atoms with E-state index in [0.29, 0.717) is 18.6 Å². The van der Waals surface area contributed by atoms with Crippen molar-refractivity contribution in [3.63, 3.8) is 0 Å². The molecule has 1 aliphatic heterocycles. The van der Waals surface area contributed by atoms with Crippen LogP contribution < -0.4 is 0 Å². The molecule has 5 heteroatoms. The first-order valence-electron chi connectivity index (χ1n) is 10.3. The van der Waals surface area contributed by atoms with Gasteiger partial charge in [-0.15, -0.1) is 0 Å². The van der Waals surface area contributed by atoms with Crippen LogP contribution in [0.2, 0.25) is 0 Å². The highest BCUT2D eigenvalue weighted by molar-refractivity contribution is 8.00. The normalized spacial score (nSPS) is 46.1. The SMILES string of the molecule is C=C1C(=O)[C@]23CC[C@H]1CC2C1(CCCC)C(=O)OCC(C)C1[C@@H](SC)C3=O. The van der Waals surface area contributed by atoms with Crippen LogP contribution in [-0.2, 0) is 19.1 Å². The number of fused-ring (bicyclic) bond motifs is 3. The number of carbonyl (C=O) groups is 3. The number of cyclic esters (lactones) is 1. The van der Waals surface area contributed by atoms with Crippen molar-refractivity contribution in [2.45, 2.75) is 57.6 Å². The van der Waals surface area contributed by atoms with Crippen molar-refractivity contribution in [1.29, 1.82) is 0 Å². The lowest BCUT2D eigenvalue weighted by molar-refractivity contribution is -0.207. The second-order valence-electron chi connectivity index (χ2n) is 9.12. The molecule has 4 saturated carbocycles. The highest BCUT2D eigenvalue weighted by atomic mass is 32.2. The van der Waals surface area contributed by atoms with E-state index in [2.05, 4.69) is 20.4 Å². The fraction of sp³-hybridized carbons (Fsp3) is 0.773. The van der Waals surface area contributed by atoms with Crippen LogP contribution >= 0.6 is 11.8 Å².